The highest BCUT2D eigenvalue weighted by atomic mass is 32.1. The van der Waals surface area contributed by atoms with Gasteiger partial charge in [-0.05, 0) is 6.42 Å². The number of aromatic nitrogens is 3. The average Bonchev–Trinajstić information content (AvgIpc) is 3.22. The van der Waals surface area contributed by atoms with Crippen LogP contribution in [0.25, 0.3) is 10.7 Å². The van der Waals surface area contributed by atoms with Crippen molar-refractivity contribution in [2.75, 3.05) is 0 Å². The second-order valence-electron chi connectivity index (χ2n) is 4.76. The van der Waals surface area contributed by atoms with Gasteiger partial charge in [0.1, 0.15) is 10.7 Å². The lowest BCUT2D eigenvalue weighted by atomic mass is 10.1. The number of nitrogens with one attached hydrogen (secondary N) is 1. The van der Waals surface area contributed by atoms with Crippen molar-refractivity contribution in [3.63, 3.8) is 0 Å². The van der Waals surface area contributed by atoms with Crippen LogP contribution in [-0.4, -0.2) is 32.7 Å². The van der Waals surface area contributed by atoms with Crippen molar-refractivity contribution in [1.29, 1.82) is 0 Å². The van der Waals surface area contributed by atoms with Gasteiger partial charge in [-0.3, -0.25) is 14.8 Å². The van der Waals surface area contributed by atoms with Gasteiger partial charge in [0, 0.05) is 24.2 Å². The molecule has 0 aromatic carbocycles. The second kappa shape index (κ2) is 6.61. The minimum Gasteiger partial charge on any atom is -0.382 e. The van der Waals surface area contributed by atoms with E-state index < -0.39 is 6.10 Å². The molecule has 0 saturated heterocycles. The first-order valence-corrected chi connectivity index (χ1v) is 7.84. The zero-order chi connectivity index (χ0) is 15.4. The minimum atomic E-state index is -0.520. The fourth-order valence-electron chi connectivity index (χ4n) is 1.98. The third-order valence-corrected chi connectivity index (χ3v) is 4.12. The summed E-state index contributed by atoms with van der Waals surface area (Å²) in [5.41, 5.74) is 2.43. The standard InChI is InChI=1S/C14H15N5O2S/c1-2-9-5-12(21-19-9)13(20)17-6-10-8-22-14(18-10)11-7-15-3-4-16-11/h3-4,7-8,12H,2,5-6H2,1H3,(H,17,20)/t12-/m0/s1. The molecular weight excluding hydrogens is 302 g/mol. The van der Waals surface area contributed by atoms with Crippen LogP contribution in [0.15, 0.2) is 29.1 Å². The van der Waals surface area contributed by atoms with E-state index >= 15 is 0 Å². The Morgan fingerprint density at radius 1 is 1.50 bits per heavy atom. The Labute approximate surface area is 131 Å². The van der Waals surface area contributed by atoms with E-state index in [-0.39, 0.29) is 5.91 Å². The summed E-state index contributed by atoms with van der Waals surface area (Å²) in [6.07, 6.45) is 5.75. The van der Waals surface area contributed by atoms with E-state index in [0.717, 1.165) is 28.5 Å². The topological polar surface area (TPSA) is 89.4 Å². The molecule has 1 aliphatic rings. The van der Waals surface area contributed by atoms with Gasteiger partial charge in [0.2, 0.25) is 6.10 Å². The second-order valence-corrected chi connectivity index (χ2v) is 5.62. The zero-order valence-corrected chi connectivity index (χ0v) is 12.8. The number of rotatable bonds is 5. The normalized spacial score (nSPS) is 17.0. The van der Waals surface area contributed by atoms with Gasteiger partial charge in [-0.1, -0.05) is 12.1 Å². The number of hydrogen-bond acceptors (Lipinski definition) is 7. The van der Waals surface area contributed by atoms with E-state index in [2.05, 4.69) is 25.4 Å². The molecule has 1 aliphatic heterocycles. The molecule has 22 heavy (non-hydrogen) atoms. The first-order valence-electron chi connectivity index (χ1n) is 6.96. The lowest BCUT2D eigenvalue weighted by molar-refractivity contribution is -0.131. The number of oxime groups is 1. The highest BCUT2D eigenvalue weighted by Gasteiger charge is 2.27. The number of hydrogen-bond donors (Lipinski definition) is 1. The fraction of sp³-hybridized carbons (Fsp3) is 0.357. The first kappa shape index (κ1) is 14.6. The van der Waals surface area contributed by atoms with Crippen molar-refractivity contribution in [2.24, 2.45) is 5.16 Å². The van der Waals surface area contributed by atoms with Crippen LogP contribution in [0.5, 0.6) is 0 Å². The maximum atomic E-state index is 12.0. The van der Waals surface area contributed by atoms with Gasteiger partial charge in [-0.2, -0.15) is 0 Å². The number of thiazole rings is 1. The Morgan fingerprint density at radius 3 is 3.14 bits per heavy atom. The molecule has 1 atom stereocenters. The molecule has 0 spiro atoms. The summed E-state index contributed by atoms with van der Waals surface area (Å²) in [6, 6.07) is 0. The van der Waals surface area contributed by atoms with Gasteiger partial charge in [0.25, 0.3) is 5.91 Å². The summed E-state index contributed by atoms with van der Waals surface area (Å²) in [5, 5.41) is 9.38. The van der Waals surface area contributed by atoms with Gasteiger partial charge in [-0.25, -0.2) is 4.98 Å². The van der Waals surface area contributed by atoms with Crippen LogP contribution < -0.4 is 5.32 Å². The minimum absolute atomic E-state index is 0.166. The van der Waals surface area contributed by atoms with Crippen LogP contribution in [-0.2, 0) is 16.2 Å². The third kappa shape index (κ3) is 3.28. The first-order chi connectivity index (χ1) is 10.8. The van der Waals surface area contributed by atoms with Gasteiger partial charge >= 0.3 is 0 Å². The Balaban J connectivity index is 1.54. The predicted octanol–water partition coefficient (Wildman–Crippen LogP) is 1.77. The molecule has 0 aliphatic carbocycles. The van der Waals surface area contributed by atoms with E-state index in [9.17, 15) is 4.79 Å². The molecule has 114 valence electrons. The largest absolute Gasteiger partial charge is 0.382 e. The number of carbonyl (C=O) groups excluding carboxylic acids is 1. The molecule has 3 rings (SSSR count). The van der Waals surface area contributed by atoms with Gasteiger partial charge in [-0.15, -0.1) is 11.3 Å². The van der Waals surface area contributed by atoms with Crippen molar-refractivity contribution in [2.45, 2.75) is 32.4 Å². The highest BCUT2D eigenvalue weighted by Crippen LogP contribution is 2.20. The molecule has 0 unspecified atom stereocenters. The van der Waals surface area contributed by atoms with E-state index in [4.69, 9.17) is 4.84 Å². The van der Waals surface area contributed by atoms with Crippen LogP contribution in [0.2, 0.25) is 0 Å². The zero-order valence-electron chi connectivity index (χ0n) is 12.0. The molecule has 7 nitrogen and oxygen atoms in total. The number of nitrogens with zero attached hydrogens (tertiary/aromatic N) is 4. The van der Waals surface area contributed by atoms with E-state index in [1.54, 1.807) is 18.6 Å². The smallest absolute Gasteiger partial charge is 0.264 e. The Hall–Kier alpha value is -2.35. The monoisotopic (exact) mass is 317 g/mol. The van der Waals surface area contributed by atoms with Gasteiger partial charge in [0.05, 0.1) is 24.1 Å². The van der Waals surface area contributed by atoms with E-state index in [1.165, 1.54) is 11.3 Å². The molecule has 3 heterocycles. The molecule has 0 fully saturated rings. The SMILES string of the molecule is CCC1=NO[C@H](C(=O)NCc2csc(-c3cnccn3)n2)C1. The van der Waals surface area contributed by atoms with Crippen molar-refractivity contribution >= 4 is 23.0 Å². The highest BCUT2D eigenvalue weighted by molar-refractivity contribution is 7.13. The van der Waals surface area contributed by atoms with Crippen LogP contribution in [0.1, 0.15) is 25.5 Å². The van der Waals surface area contributed by atoms with Crippen LogP contribution >= 0.6 is 11.3 Å². The molecule has 8 heteroatoms. The van der Waals surface area contributed by atoms with Crippen molar-refractivity contribution in [3.8, 4) is 10.7 Å². The average molecular weight is 317 g/mol. The molecule has 0 radical (unpaired) electrons. The Bertz CT molecular complexity index is 686. The molecule has 2 aromatic heterocycles. The lowest BCUT2D eigenvalue weighted by Gasteiger charge is -2.08. The van der Waals surface area contributed by atoms with E-state index in [1.807, 2.05) is 12.3 Å². The summed E-state index contributed by atoms with van der Waals surface area (Å²) < 4.78 is 0. The maximum Gasteiger partial charge on any atom is 0.264 e. The molecule has 0 saturated carbocycles. The van der Waals surface area contributed by atoms with Gasteiger partial charge in [0.15, 0.2) is 0 Å². The summed E-state index contributed by atoms with van der Waals surface area (Å²) in [6.45, 7) is 2.35. The molecular formula is C14H15N5O2S. The fourth-order valence-corrected chi connectivity index (χ4v) is 2.76. The molecule has 1 amide bonds. The quantitative estimate of drug-likeness (QED) is 0.908. The predicted molar refractivity (Wildman–Crippen MR) is 82.2 cm³/mol. The van der Waals surface area contributed by atoms with Gasteiger partial charge < -0.3 is 10.2 Å². The maximum absolute atomic E-state index is 12.0. The lowest BCUT2D eigenvalue weighted by Crippen LogP contribution is -2.34. The molecule has 2 aromatic rings. The Morgan fingerprint density at radius 2 is 2.41 bits per heavy atom. The Kier molecular flexibility index (Phi) is 4.38. The summed E-state index contributed by atoms with van der Waals surface area (Å²) in [7, 11) is 0. The summed E-state index contributed by atoms with van der Waals surface area (Å²) in [4.78, 5) is 29.8. The van der Waals surface area contributed by atoms with Crippen molar-refractivity contribution in [1.82, 2.24) is 20.3 Å². The van der Waals surface area contributed by atoms with Crippen LogP contribution in [0.3, 0.4) is 0 Å². The van der Waals surface area contributed by atoms with Crippen molar-refractivity contribution < 1.29 is 9.63 Å². The van der Waals surface area contributed by atoms with Crippen molar-refractivity contribution in [3.05, 3.63) is 29.7 Å². The number of carbonyl (C=O) groups is 1. The summed E-state index contributed by atoms with van der Waals surface area (Å²) in [5.74, 6) is -0.166. The third-order valence-electron chi connectivity index (χ3n) is 3.21. The van der Waals surface area contributed by atoms with Crippen LogP contribution in [0.4, 0.5) is 0 Å². The summed E-state index contributed by atoms with van der Waals surface area (Å²) >= 11 is 1.47. The molecule has 1 N–H and O–H groups in total. The number of amides is 1. The van der Waals surface area contributed by atoms with E-state index in [0.29, 0.717) is 13.0 Å². The van der Waals surface area contributed by atoms with Crippen LogP contribution in [0, 0.1) is 0 Å². The molecule has 0 bridgehead atoms.